The van der Waals surface area contributed by atoms with E-state index in [-0.39, 0.29) is 23.5 Å². The van der Waals surface area contributed by atoms with Crippen molar-refractivity contribution in [3.63, 3.8) is 0 Å². The molecule has 1 aliphatic rings. The fourth-order valence-corrected chi connectivity index (χ4v) is 3.47. The molecule has 0 saturated heterocycles. The molecule has 0 bridgehead atoms. The van der Waals surface area contributed by atoms with Crippen molar-refractivity contribution >= 4 is 22.7 Å². The molecule has 2 heterocycles. The first-order valence-corrected chi connectivity index (χ1v) is 9.70. The number of rotatable bonds is 7. The van der Waals surface area contributed by atoms with E-state index in [1.165, 1.54) is 0 Å². The maximum Gasteiger partial charge on any atom is 0.224 e. The van der Waals surface area contributed by atoms with E-state index in [0.717, 1.165) is 34.5 Å². The molecule has 1 saturated carbocycles. The van der Waals surface area contributed by atoms with Crippen LogP contribution in [-0.4, -0.2) is 32.7 Å². The van der Waals surface area contributed by atoms with Gasteiger partial charge in [0.1, 0.15) is 5.82 Å². The standard InChI is InChI=1S/C22H24N4O2/c1-13-7-8-15(12-23-13)9-10-20(27)14(2)24-22(28)17-11-16(17)21-25-18-5-3-4-6-19(18)26-21/h3-8,12,14,16-17H,9-11H2,1-2H3,(H,24,28)(H,25,26). The quantitative estimate of drug-likeness (QED) is 0.663. The molecule has 3 unspecified atom stereocenters. The number of nitrogens with zero attached hydrogens (tertiary/aromatic N) is 2. The average molecular weight is 376 g/mol. The number of imidazole rings is 1. The first-order chi connectivity index (χ1) is 13.5. The van der Waals surface area contributed by atoms with Crippen molar-refractivity contribution in [1.29, 1.82) is 0 Å². The van der Waals surface area contributed by atoms with E-state index in [1.807, 2.05) is 43.3 Å². The summed E-state index contributed by atoms with van der Waals surface area (Å²) in [6.07, 6.45) is 3.59. The van der Waals surface area contributed by atoms with Crippen LogP contribution in [0.15, 0.2) is 42.6 Å². The minimum absolute atomic E-state index is 0.0369. The summed E-state index contributed by atoms with van der Waals surface area (Å²) in [4.78, 5) is 37.0. The Hall–Kier alpha value is -3.02. The highest BCUT2D eigenvalue weighted by Crippen LogP contribution is 2.46. The van der Waals surface area contributed by atoms with Crippen LogP contribution in [0.5, 0.6) is 0 Å². The van der Waals surface area contributed by atoms with Crippen molar-refractivity contribution in [2.24, 2.45) is 5.92 Å². The van der Waals surface area contributed by atoms with Crippen molar-refractivity contribution in [3.8, 4) is 0 Å². The molecule has 6 heteroatoms. The molecule has 1 aromatic carbocycles. The van der Waals surface area contributed by atoms with Gasteiger partial charge in [-0.1, -0.05) is 18.2 Å². The Labute approximate surface area is 163 Å². The SMILES string of the molecule is Cc1ccc(CCC(=O)C(C)NC(=O)C2CC2c2nc3ccccc3[nH]2)cn1. The van der Waals surface area contributed by atoms with Crippen molar-refractivity contribution in [1.82, 2.24) is 20.3 Å². The number of carbonyl (C=O) groups is 2. The number of amides is 1. The summed E-state index contributed by atoms with van der Waals surface area (Å²) in [5, 5.41) is 2.87. The Balaban J connectivity index is 1.28. The zero-order valence-corrected chi connectivity index (χ0v) is 16.1. The summed E-state index contributed by atoms with van der Waals surface area (Å²) < 4.78 is 0. The lowest BCUT2D eigenvalue weighted by Gasteiger charge is -2.13. The molecule has 1 amide bonds. The molecular formula is C22H24N4O2. The van der Waals surface area contributed by atoms with E-state index in [0.29, 0.717) is 12.8 Å². The monoisotopic (exact) mass is 376 g/mol. The largest absolute Gasteiger partial charge is 0.346 e. The number of Topliss-reactive ketones (excluding diaryl/α,β-unsaturated/α-hetero) is 1. The summed E-state index contributed by atoms with van der Waals surface area (Å²) in [7, 11) is 0. The summed E-state index contributed by atoms with van der Waals surface area (Å²) in [5.41, 5.74) is 3.89. The second kappa shape index (κ2) is 7.54. The first-order valence-electron chi connectivity index (χ1n) is 9.70. The molecule has 0 radical (unpaired) electrons. The normalized spacial score (nSPS) is 19.4. The molecule has 1 fully saturated rings. The van der Waals surface area contributed by atoms with Crippen molar-refractivity contribution < 1.29 is 9.59 Å². The van der Waals surface area contributed by atoms with Crippen LogP contribution >= 0.6 is 0 Å². The van der Waals surface area contributed by atoms with E-state index in [2.05, 4.69) is 20.3 Å². The highest BCUT2D eigenvalue weighted by molar-refractivity contribution is 5.91. The zero-order valence-electron chi connectivity index (χ0n) is 16.1. The molecule has 4 rings (SSSR count). The zero-order chi connectivity index (χ0) is 19.7. The van der Waals surface area contributed by atoms with E-state index >= 15 is 0 Å². The molecule has 144 valence electrons. The number of nitrogens with one attached hydrogen (secondary N) is 2. The van der Waals surface area contributed by atoms with Gasteiger partial charge in [-0.25, -0.2) is 4.98 Å². The van der Waals surface area contributed by atoms with Gasteiger partial charge in [0, 0.05) is 30.1 Å². The molecule has 3 atom stereocenters. The topological polar surface area (TPSA) is 87.7 Å². The molecule has 0 spiro atoms. The molecule has 3 aromatic rings. The lowest BCUT2D eigenvalue weighted by molar-refractivity contribution is -0.128. The van der Waals surface area contributed by atoms with Gasteiger partial charge in [0.25, 0.3) is 0 Å². The fraction of sp³-hybridized carbons (Fsp3) is 0.364. The lowest BCUT2D eigenvalue weighted by atomic mass is 10.1. The van der Waals surface area contributed by atoms with E-state index in [4.69, 9.17) is 0 Å². The Morgan fingerprint density at radius 3 is 2.82 bits per heavy atom. The van der Waals surface area contributed by atoms with Crippen LogP contribution in [0.1, 0.15) is 42.8 Å². The van der Waals surface area contributed by atoms with Gasteiger partial charge >= 0.3 is 0 Å². The second-order valence-electron chi connectivity index (χ2n) is 7.59. The number of hydrogen-bond donors (Lipinski definition) is 2. The van der Waals surface area contributed by atoms with Crippen LogP contribution in [0.2, 0.25) is 0 Å². The van der Waals surface area contributed by atoms with Crippen molar-refractivity contribution in [2.45, 2.75) is 45.1 Å². The van der Waals surface area contributed by atoms with Gasteiger partial charge in [-0.3, -0.25) is 14.6 Å². The number of benzene rings is 1. The van der Waals surface area contributed by atoms with Crippen LogP contribution in [0.3, 0.4) is 0 Å². The number of fused-ring (bicyclic) bond motifs is 1. The molecule has 28 heavy (non-hydrogen) atoms. The van der Waals surface area contributed by atoms with E-state index in [9.17, 15) is 9.59 Å². The summed E-state index contributed by atoms with van der Waals surface area (Å²) in [5.74, 6) is 0.816. The maximum absolute atomic E-state index is 12.5. The Morgan fingerprint density at radius 2 is 2.07 bits per heavy atom. The lowest BCUT2D eigenvalue weighted by Crippen LogP contribution is -2.39. The third-order valence-electron chi connectivity index (χ3n) is 5.36. The predicted octanol–water partition coefficient (Wildman–Crippen LogP) is 3.08. The summed E-state index contributed by atoms with van der Waals surface area (Å²) >= 11 is 0. The molecule has 6 nitrogen and oxygen atoms in total. The van der Waals surface area contributed by atoms with Gasteiger partial charge in [-0.2, -0.15) is 0 Å². The molecule has 2 N–H and O–H groups in total. The van der Waals surface area contributed by atoms with Crippen LogP contribution < -0.4 is 5.32 Å². The van der Waals surface area contributed by atoms with E-state index < -0.39 is 6.04 Å². The summed E-state index contributed by atoms with van der Waals surface area (Å²) in [6.45, 7) is 3.69. The van der Waals surface area contributed by atoms with Crippen LogP contribution in [0, 0.1) is 12.8 Å². The van der Waals surface area contributed by atoms with Gasteiger partial charge in [0.15, 0.2) is 5.78 Å². The van der Waals surface area contributed by atoms with Crippen molar-refractivity contribution in [2.75, 3.05) is 0 Å². The maximum atomic E-state index is 12.5. The van der Waals surface area contributed by atoms with E-state index in [1.54, 1.807) is 13.1 Å². The number of H-pyrrole nitrogens is 1. The minimum atomic E-state index is -0.483. The minimum Gasteiger partial charge on any atom is -0.346 e. The number of pyridine rings is 1. The Morgan fingerprint density at radius 1 is 1.25 bits per heavy atom. The third kappa shape index (κ3) is 3.96. The first kappa shape index (κ1) is 18.3. The summed E-state index contributed by atoms with van der Waals surface area (Å²) in [6, 6.07) is 11.3. The van der Waals surface area contributed by atoms with Gasteiger partial charge in [-0.05, 0) is 50.5 Å². The van der Waals surface area contributed by atoms with Crippen LogP contribution in [-0.2, 0) is 16.0 Å². The van der Waals surface area contributed by atoms with Crippen molar-refractivity contribution in [3.05, 3.63) is 59.7 Å². The fourth-order valence-electron chi connectivity index (χ4n) is 3.47. The van der Waals surface area contributed by atoms with Gasteiger partial charge in [0.2, 0.25) is 5.91 Å². The van der Waals surface area contributed by atoms with Gasteiger partial charge in [-0.15, -0.1) is 0 Å². The average Bonchev–Trinajstić information content (AvgIpc) is 3.39. The number of carbonyl (C=O) groups excluding carboxylic acids is 2. The highest BCUT2D eigenvalue weighted by Gasteiger charge is 2.46. The predicted molar refractivity (Wildman–Crippen MR) is 107 cm³/mol. The smallest absolute Gasteiger partial charge is 0.224 e. The third-order valence-corrected chi connectivity index (χ3v) is 5.36. The number of aromatic amines is 1. The molecular weight excluding hydrogens is 352 g/mol. The number of aromatic nitrogens is 3. The number of para-hydroxylation sites is 2. The number of aryl methyl sites for hydroxylation is 2. The highest BCUT2D eigenvalue weighted by atomic mass is 16.2. The van der Waals surface area contributed by atoms with Gasteiger partial charge in [0.05, 0.1) is 17.1 Å². The Kier molecular flexibility index (Phi) is 4.94. The van der Waals surface area contributed by atoms with Crippen LogP contribution in [0.25, 0.3) is 11.0 Å². The second-order valence-corrected chi connectivity index (χ2v) is 7.59. The molecule has 0 aliphatic heterocycles. The van der Waals surface area contributed by atoms with Crippen LogP contribution in [0.4, 0.5) is 0 Å². The molecule has 1 aliphatic carbocycles. The number of hydrogen-bond acceptors (Lipinski definition) is 4. The molecule has 2 aromatic heterocycles. The Bertz CT molecular complexity index is 976. The van der Waals surface area contributed by atoms with Gasteiger partial charge < -0.3 is 10.3 Å². The number of ketones is 1.